The Morgan fingerprint density at radius 3 is 2.23 bits per heavy atom. The largest absolute Gasteiger partial charge is 0.493 e. The fourth-order valence-corrected chi connectivity index (χ4v) is 3.40. The number of hydrogen-bond acceptors (Lipinski definition) is 4. The van der Waals surface area contributed by atoms with Crippen LogP contribution in [0.3, 0.4) is 0 Å². The van der Waals surface area contributed by atoms with Gasteiger partial charge in [0, 0.05) is 6.08 Å². The molecule has 4 rings (SSSR count). The molecule has 0 saturated heterocycles. The summed E-state index contributed by atoms with van der Waals surface area (Å²) in [5.74, 6) is 1.60. The van der Waals surface area contributed by atoms with Crippen molar-refractivity contribution in [2.75, 3.05) is 20.3 Å². The molecular formula is C25H23NO4. The number of methoxy groups -OCH3 is 1. The van der Waals surface area contributed by atoms with E-state index in [0.29, 0.717) is 30.5 Å². The predicted octanol–water partition coefficient (Wildman–Crippen LogP) is 4.39. The second-order valence-corrected chi connectivity index (χ2v) is 6.84. The van der Waals surface area contributed by atoms with Crippen molar-refractivity contribution >= 4 is 12.0 Å². The van der Waals surface area contributed by atoms with Gasteiger partial charge in [0.1, 0.15) is 13.2 Å². The third-order valence-corrected chi connectivity index (χ3v) is 4.83. The highest BCUT2D eigenvalue weighted by Gasteiger charge is 2.18. The van der Waals surface area contributed by atoms with Crippen LogP contribution in [-0.2, 0) is 4.79 Å². The Morgan fingerprint density at radius 2 is 1.60 bits per heavy atom. The average molecular weight is 401 g/mol. The van der Waals surface area contributed by atoms with E-state index in [1.54, 1.807) is 13.2 Å². The molecule has 3 aromatic rings. The highest BCUT2D eigenvalue weighted by atomic mass is 16.6. The van der Waals surface area contributed by atoms with Crippen molar-refractivity contribution < 1.29 is 19.0 Å². The zero-order chi connectivity index (χ0) is 20.8. The van der Waals surface area contributed by atoms with E-state index in [2.05, 4.69) is 5.32 Å². The topological polar surface area (TPSA) is 56.8 Å². The van der Waals surface area contributed by atoms with Gasteiger partial charge >= 0.3 is 0 Å². The van der Waals surface area contributed by atoms with Crippen LogP contribution in [0, 0.1) is 0 Å². The van der Waals surface area contributed by atoms with Gasteiger partial charge in [0.05, 0.1) is 13.2 Å². The van der Waals surface area contributed by atoms with Crippen LogP contribution >= 0.6 is 0 Å². The van der Waals surface area contributed by atoms with Crippen LogP contribution < -0.4 is 19.5 Å². The van der Waals surface area contributed by atoms with E-state index in [1.807, 2.05) is 72.8 Å². The SMILES string of the molecule is COc1cc(/C=C/C(=O)NC(c2ccccc2)c2ccccc2)cc2c1OCCO2. The van der Waals surface area contributed by atoms with Gasteiger partial charge in [0.25, 0.3) is 0 Å². The molecule has 0 aliphatic carbocycles. The molecule has 0 radical (unpaired) electrons. The summed E-state index contributed by atoms with van der Waals surface area (Å²) in [5, 5.41) is 3.10. The molecule has 1 aliphatic heterocycles. The van der Waals surface area contributed by atoms with Gasteiger partial charge in [0.2, 0.25) is 11.7 Å². The Bertz CT molecular complexity index is 975. The molecule has 5 heteroatoms. The van der Waals surface area contributed by atoms with Crippen LogP contribution in [0.15, 0.2) is 78.9 Å². The summed E-state index contributed by atoms with van der Waals surface area (Å²) in [4.78, 5) is 12.7. The molecule has 30 heavy (non-hydrogen) atoms. The van der Waals surface area contributed by atoms with E-state index in [9.17, 15) is 4.79 Å². The van der Waals surface area contributed by atoms with Gasteiger partial charge in [-0.2, -0.15) is 0 Å². The average Bonchev–Trinajstić information content (AvgIpc) is 2.81. The maximum atomic E-state index is 12.7. The fraction of sp³-hybridized carbons (Fsp3) is 0.160. The van der Waals surface area contributed by atoms with Gasteiger partial charge in [0.15, 0.2) is 11.5 Å². The second kappa shape index (κ2) is 9.18. The molecule has 0 bridgehead atoms. The number of carbonyl (C=O) groups is 1. The van der Waals surface area contributed by atoms with Crippen molar-refractivity contribution in [1.29, 1.82) is 0 Å². The highest BCUT2D eigenvalue weighted by molar-refractivity contribution is 5.92. The third kappa shape index (κ3) is 4.46. The summed E-state index contributed by atoms with van der Waals surface area (Å²) in [6.45, 7) is 0.973. The van der Waals surface area contributed by atoms with E-state index in [-0.39, 0.29) is 11.9 Å². The van der Waals surface area contributed by atoms with Crippen LogP contribution in [0.1, 0.15) is 22.7 Å². The molecular weight excluding hydrogens is 378 g/mol. The molecule has 152 valence electrons. The molecule has 3 aromatic carbocycles. The Labute approximate surface area is 175 Å². The number of carbonyl (C=O) groups excluding carboxylic acids is 1. The molecule has 0 unspecified atom stereocenters. The lowest BCUT2D eigenvalue weighted by Crippen LogP contribution is -2.27. The van der Waals surface area contributed by atoms with Gasteiger partial charge in [-0.25, -0.2) is 0 Å². The van der Waals surface area contributed by atoms with Crippen LogP contribution in [0.4, 0.5) is 0 Å². The zero-order valence-corrected chi connectivity index (χ0v) is 16.7. The summed E-state index contributed by atoms with van der Waals surface area (Å²) in [5.41, 5.74) is 2.83. The summed E-state index contributed by atoms with van der Waals surface area (Å²) in [6.07, 6.45) is 3.26. The van der Waals surface area contributed by atoms with E-state index >= 15 is 0 Å². The molecule has 1 amide bonds. The maximum absolute atomic E-state index is 12.7. The Morgan fingerprint density at radius 1 is 0.967 bits per heavy atom. The molecule has 0 atom stereocenters. The maximum Gasteiger partial charge on any atom is 0.244 e. The highest BCUT2D eigenvalue weighted by Crippen LogP contribution is 2.40. The monoisotopic (exact) mass is 401 g/mol. The molecule has 0 spiro atoms. The summed E-state index contributed by atoms with van der Waals surface area (Å²) in [7, 11) is 1.58. The standard InChI is InChI=1S/C25H23NO4/c1-28-21-16-18(17-22-25(21)30-15-14-29-22)12-13-23(27)26-24(19-8-4-2-5-9-19)20-10-6-3-7-11-20/h2-13,16-17,24H,14-15H2,1H3,(H,26,27)/b13-12+. The lowest BCUT2D eigenvalue weighted by molar-refractivity contribution is -0.116. The molecule has 0 aromatic heterocycles. The summed E-state index contributed by atoms with van der Waals surface area (Å²) in [6, 6.07) is 23.2. The zero-order valence-electron chi connectivity index (χ0n) is 16.7. The lowest BCUT2D eigenvalue weighted by atomic mass is 9.98. The minimum absolute atomic E-state index is 0.193. The quantitative estimate of drug-likeness (QED) is 0.623. The number of ether oxygens (including phenoxy) is 3. The lowest BCUT2D eigenvalue weighted by Gasteiger charge is -2.21. The number of benzene rings is 3. The van der Waals surface area contributed by atoms with E-state index in [4.69, 9.17) is 14.2 Å². The Hall–Kier alpha value is -3.73. The third-order valence-electron chi connectivity index (χ3n) is 4.83. The smallest absolute Gasteiger partial charge is 0.244 e. The molecule has 1 N–H and O–H groups in total. The normalized spacial score (nSPS) is 12.7. The van der Waals surface area contributed by atoms with Gasteiger partial charge < -0.3 is 19.5 Å². The predicted molar refractivity (Wildman–Crippen MR) is 116 cm³/mol. The molecule has 0 saturated carbocycles. The summed E-state index contributed by atoms with van der Waals surface area (Å²) < 4.78 is 16.7. The second-order valence-electron chi connectivity index (χ2n) is 6.84. The Kier molecular flexibility index (Phi) is 5.99. The first kappa shape index (κ1) is 19.6. The minimum Gasteiger partial charge on any atom is -0.493 e. The minimum atomic E-state index is -0.237. The van der Waals surface area contributed by atoms with Crippen molar-refractivity contribution in [3.05, 3.63) is 95.6 Å². The van der Waals surface area contributed by atoms with Gasteiger partial charge in [-0.05, 0) is 34.9 Å². The van der Waals surface area contributed by atoms with E-state index < -0.39 is 0 Å². The van der Waals surface area contributed by atoms with Crippen LogP contribution in [0.25, 0.3) is 6.08 Å². The molecule has 5 nitrogen and oxygen atoms in total. The first-order valence-corrected chi connectivity index (χ1v) is 9.80. The van der Waals surface area contributed by atoms with Crippen molar-refractivity contribution in [1.82, 2.24) is 5.32 Å². The van der Waals surface area contributed by atoms with Crippen LogP contribution in [-0.4, -0.2) is 26.2 Å². The first-order chi connectivity index (χ1) is 14.7. The molecule has 1 aliphatic rings. The van der Waals surface area contributed by atoms with Crippen molar-refractivity contribution in [3.8, 4) is 17.2 Å². The molecule has 0 fully saturated rings. The van der Waals surface area contributed by atoms with Crippen molar-refractivity contribution in [2.45, 2.75) is 6.04 Å². The van der Waals surface area contributed by atoms with Gasteiger partial charge in [-0.3, -0.25) is 4.79 Å². The molecule has 1 heterocycles. The Balaban J connectivity index is 1.55. The van der Waals surface area contributed by atoms with Crippen molar-refractivity contribution in [3.63, 3.8) is 0 Å². The number of rotatable bonds is 6. The van der Waals surface area contributed by atoms with Crippen molar-refractivity contribution in [2.24, 2.45) is 0 Å². The van der Waals surface area contributed by atoms with Crippen LogP contribution in [0.5, 0.6) is 17.2 Å². The van der Waals surface area contributed by atoms with E-state index in [1.165, 1.54) is 6.08 Å². The number of nitrogens with one attached hydrogen (secondary N) is 1. The van der Waals surface area contributed by atoms with Gasteiger partial charge in [-0.1, -0.05) is 60.7 Å². The van der Waals surface area contributed by atoms with Gasteiger partial charge in [-0.15, -0.1) is 0 Å². The number of fused-ring (bicyclic) bond motifs is 1. The number of amides is 1. The summed E-state index contributed by atoms with van der Waals surface area (Å²) >= 11 is 0. The van der Waals surface area contributed by atoms with E-state index in [0.717, 1.165) is 16.7 Å². The first-order valence-electron chi connectivity index (χ1n) is 9.80. The number of hydrogen-bond donors (Lipinski definition) is 1. The van der Waals surface area contributed by atoms with Crippen LogP contribution in [0.2, 0.25) is 0 Å². The fourth-order valence-electron chi connectivity index (χ4n) is 3.40.